The van der Waals surface area contributed by atoms with Crippen LogP contribution in [-0.2, 0) is 0 Å². The van der Waals surface area contributed by atoms with Crippen LogP contribution in [0.25, 0.3) is 0 Å². The van der Waals surface area contributed by atoms with E-state index in [2.05, 4.69) is 25.7 Å². The molecule has 0 spiro atoms. The Kier molecular flexibility index (Phi) is 1.10. The molecular formula is C6H14N2. The quantitative estimate of drug-likeness (QED) is 0.461. The standard InChI is InChI=1S/C6H14N2/c1-6(2,3)8-4-5(8)7/h5H,4,7H2,1-3H3. The first-order valence-electron chi connectivity index (χ1n) is 3.04. The summed E-state index contributed by atoms with van der Waals surface area (Å²) in [5.41, 5.74) is 5.87. The summed E-state index contributed by atoms with van der Waals surface area (Å²) in [5.74, 6) is 0. The van der Waals surface area contributed by atoms with Crippen molar-refractivity contribution in [1.82, 2.24) is 4.90 Å². The molecule has 2 atom stereocenters. The van der Waals surface area contributed by atoms with E-state index in [1.807, 2.05) is 0 Å². The van der Waals surface area contributed by atoms with Gasteiger partial charge in [0.1, 0.15) is 0 Å². The lowest BCUT2D eigenvalue weighted by Gasteiger charge is -2.19. The molecule has 0 saturated carbocycles. The van der Waals surface area contributed by atoms with Crippen molar-refractivity contribution in [3.05, 3.63) is 0 Å². The Labute approximate surface area is 50.7 Å². The predicted octanol–water partition coefficient (Wildman–Crippen LogP) is 0.385. The fourth-order valence-corrected chi connectivity index (χ4v) is 0.926. The third kappa shape index (κ3) is 1.01. The molecule has 1 rings (SSSR count). The van der Waals surface area contributed by atoms with Crippen LogP contribution in [0, 0.1) is 0 Å². The summed E-state index contributed by atoms with van der Waals surface area (Å²) in [6.07, 6.45) is 0.343. The first-order chi connectivity index (χ1) is 3.52. The molecule has 48 valence electrons. The molecule has 1 heterocycles. The minimum atomic E-state index is 0.291. The van der Waals surface area contributed by atoms with Crippen LogP contribution in [-0.4, -0.2) is 23.1 Å². The molecule has 8 heavy (non-hydrogen) atoms. The number of nitrogens with two attached hydrogens (primary N) is 1. The number of nitrogens with zero attached hydrogens (tertiary/aromatic N) is 1. The maximum absolute atomic E-state index is 5.58. The molecule has 2 unspecified atom stereocenters. The third-order valence-corrected chi connectivity index (χ3v) is 1.51. The molecule has 1 saturated heterocycles. The van der Waals surface area contributed by atoms with Crippen molar-refractivity contribution in [2.24, 2.45) is 5.73 Å². The highest BCUT2D eigenvalue weighted by molar-refractivity contribution is 4.93. The molecule has 0 aromatic carbocycles. The zero-order chi connectivity index (χ0) is 6.36. The van der Waals surface area contributed by atoms with Crippen LogP contribution in [0.5, 0.6) is 0 Å². The Hall–Kier alpha value is -0.0800. The molecule has 0 aliphatic carbocycles. The molecule has 0 aromatic heterocycles. The van der Waals surface area contributed by atoms with Gasteiger partial charge in [0.25, 0.3) is 0 Å². The smallest absolute Gasteiger partial charge is 0.0709 e. The Morgan fingerprint density at radius 3 is 1.88 bits per heavy atom. The van der Waals surface area contributed by atoms with E-state index in [-0.39, 0.29) is 0 Å². The van der Waals surface area contributed by atoms with Gasteiger partial charge in [-0.25, -0.2) is 0 Å². The zero-order valence-corrected chi connectivity index (χ0v) is 5.81. The second-order valence-electron chi connectivity index (χ2n) is 3.39. The average Bonchev–Trinajstić information content (AvgIpc) is 2.13. The predicted molar refractivity (Wildman–Crippen MR) is 34.4 cm³/mol. The minimum Gasteiger partial charge on any atom is -0.315 e. The van der Waals surface area contributed by atoms with E-state index in [4.69, 9.17) is 5.73 Å². The monoisotopic (exact) mass is 114 g/mol. The second-order valence-corrected chi connectivity index (χ2v) is 3.39. The Bertz CT molecular complexity index is 93.2. The topological polar surface area (TPSA) is 29.0 Å². The average molecular weight is 114 g/mol. The fraction of sp³-hybridized carbons (Fsp3) is 1.00. The van der Waals surface area contributed by atoms with Crippen molar-refractivity contribution in [2.75, 3.05) is 6.54 Å². The summed E-state index contributed by atoms with van der Waals surface area (Å²) in [6.45, 7) is 7.61. The summed E-state index contributed by atoms with van der Waals surface area (Å²) >= 11 is 0. The van der Waals surface area contributed by atoms with E-state index in [0.29, 0.717) is 11.7 Å². The highest BCUT2D eigenvalue weighted by Crippen LogP contribution is 2.24. The lowest BCUT2D eigenvalue weighted by atomic mass is 10.1. The van der Waals surface area contributed by atoms with Crippen molar-refractivity contribution in [2.45, 2.75) is 32.5 Å². The summed E-state index contributed by atoms with van der Waals surface area (Å²) in [4.78, 5) is 2.26. The Balaban J connectivity index is 2.39. The largest absolute Gasteiger partial charge is 0.315 e. The first-order valence-corrected chi connectivity index (χ1v) is 3.04. The molecular weight excluding hydrogens is 100 g/mol. The lowest BCUT2D eigenvalue weighted by molar-refractivity contribution is 0.288. The van der Waals surface area contributed by atoms with Crippen LogP contribution in [0.15, 0.2) is 0 Å². The van der Waals surface area contributed by atoms with E-state index in [1.165, 1.54) is 0 Å². The van der Waals surface area contributed by atoms with Crippen molar-refractivity contribution >= 4 is 0 Å². The van der Waals surface area contributed by atoms with Crippen molar-refractivity contribution in [1.29, 1.82) is 0 Å². The first kappa shape index (κ1) is 6.05. The van der Waals surface area contributed by atoms with E-state index < -0.39 is 0 Å². The van der Waals surface area contributed by atoms with Gasteiger partial charge < -0.3 is 5.73 Å². The van der Waals surface area contributed by atoms with Gasteiger partial charge in [-0.05, 0) is 20.8 Å². The molecule has 0 aromatic rings. The van der Waals surface area contributed by atoms with Gasteiger partial charge in [0.15, 0.2) is 0 Å². The highest BCUT2D eigenvalue weighted by Gasteiger charge is 2.38. The van der Waals surface area contributed by atoms with E-state index >= 15 is 0 Å². The lowest BCUT2D eigenvalue weighted by Crippen LogP contribution is -2.29. The molecule has 0 bridgehead atoms. The van der Waals surface area contributed by atoms with Gasteiger partial charge in [-0.3, -0.25) is 4.90 Å². The normalized spacial score (nSPS) is 37.5. The van der Waals surface area contributed by atoms with Crippen molar-refractivity contribution in [3.8, 4) is 0 Å². The SMILES string of the molecule is CC(C)(C)N1CC1N. The third-order valence-electron chi connectivity index (χ3n) is 1.51. The highest BCUT2D eigenvalue weighted by atomic mass is 15.4. The van der Waals surface area contributed by atoms with Gasteiger partial charge in [-0.1, -0.05) is 0 Å². The maximum atomic E-state index is 5.58. The second kappa shape index (κ2) is 1.45. The molecule has 1 fully saturated rings. The summed E-state index contributed by atoms with van der Waals surface area (Å²) in [6, 6.07) is 0. The minimum absolute atomic E-state index is 0.291. The molecule has 2 N–H and O–H groups in total. The van der Waals surface area contributed by atoms with E-state index in [9.17, 15) is 0 Å². The summed E-state index contributed by atoms with van der Waals surface area (Å²) < 4.78 is 0. The van der Waals surface area contributed by atoms with E-state index in [1.54, 1.807) is 0 Å². The van der Waals surface area contributed by atoms with Gasteiger partial charge in [0, 0.05) is 12.1 Å². The molecule has 0 radical (unpaired) electrons. The molecule has 1 aliphatic heterocycles. The maximum Gasteiger partial charge on any atom is 0.0709 e. The van der Waals surface area contributed by atoms with Crippen LogP contribution >= 0.6 is 0 Å². The molecule has 1 aliphatic rings. The molecule has 0 amide bonds. The van der Waals surface area contributed by atoms with Gasteiger partial charge in [-0.2, -0.15) is 0 Å². The van der Waals surface area contributed by atoms with Crippen LogP contribution in [0.3, 0.4) is 0 Å². The van der Waals surface area contributed by atoms with Gasteiger partial charge in [-0.15, -0.1) is 0 Å². The number of hydrogen-bond donors (Lipinski definition) is 1. The number of rotatable bonds is 0. The van der Waals surface area contributed by atoms with Crippen molar-refractivity contribution < 1.29 is 0 Å². The van der Waals surface area contributed by atoms with Crippen LogP contribution in [0.2, 0.25) is 0 Å². The fourth-order valence-electron chi connectivity index (χ4n) is 0.926. The van der Waals surface area contributed by atoms with Crippen LogP contribution in [0.4, 0.5) is 0 Å². The number of hydrogen-bond acceptors (Lipinski definition) is 2. The van der Waals surface area contributed by atoms with E-state index in [0.717, 1.165) is 6.54 Å². The van der Waals surface area contributed by atoms with Crippen LogP contribution in [0.1, 0.15) is 20.8 Å². The van der Waals surface area contributed by atoms with Crippen LogP contribution < -0.4 is 5.73 Å². The Morgan fingerprint density at radius 2 is 1.88 bits per heavy atom. The van der Waals surface area contributed by atoms with Gasteiger partial charge in [0.2, 0.25) is 0 Å². The summed E-state index contributed by atoms with van der Waals surface area (Å²) in [5, 5.41) is 0. The zero-order valence-electron chi connectivity index (χ0n) is 5.81. The summed E-state index contributed by atoms with van der Waals surface area (Å²) in [7, 11) is 0. The van der Waals surface area contributed by atoms with Crippen molar-refractivity contribution in [3.63, 3.8) is 0 Å². The molecule has 2 nitrogen and oxygen atoms in total. The van der Waals surface area contributed by atoms with Gasteiger partial charge >= 0.3 is 0 Å². The van der Waals surface area contributed by atoms with Gasteiger partial charge in [0.05, 0.1) is 6.17 Å². The Morgan fingerprint density at radius 1 is 1.50 bits per heavy atom. The molecule has 2 heteroatoms.